The first-order valence-corrected chi connectivity index (χ1v) is 3.54. The van der Waals surface area contributed by atoms with E-state index in [9.17, 15) is 0 Å². The van der Waals surface area contributed by atoms with E-state index in [1.807, 2.05) is 26.0 Å². The van der Waals surface area contributed by atoms with Crippen molar-refractivity contribution in [2.24, 2.45) is 0 Å². The molecule has 0 spiro atoms. The molecule has 0 bridgehead atoms. The fourth-order valence-corrected chi connectivity index (χ4v) is 1.25. The maximum Gasteiger partial charge on any atom is 0.210 e. The molecule has 58 valence electrons. The van der Waals surface area contributed by atoms with Gasteiger partial charge in [-0.15, -0.1) is 0 Å². The molecule has 0 aliphatic carbocycles. The van der Waals surface area contributed by atoms with Gasteiger partial charge < -0.3 is 4.74 Å². The standard InChI is InChI=1S/C9H11NO/c1-7-4-8(2)11-9(3,5-7)6-10/h4-5H,1-3H3. The Morgan fingerprint density at radius 2 is 2.18 bits per heavy atom. The number of rotatable bonds is 0. The highest BCUT2D eigenvalue weighted by atomic mass is 16.5. The van der Waals surface area contributed by atoms with Gasteiger partial charge in [-0.3, -0.25) is 0 Å². The van der Waals surface area contributed by atoms with Crippen molar-refractivity contribution in [3.8, 4) is 6.07 Å². The third-order valence-electron chi connectivity index (χ3n) is 1.53. The van der Waals surface area contributed by atoms with Gasteiger partial charge in [0.05, 0.1) is 5.76 Å². The molecule has 2 heteroatoms. The smallest absolute Gasteiger partial charge is 0.210 e. The molecule has 1 heterocycles. The molecule has 1 unspecified atom stereocenters. The van der Waals surface area contributed by atoms with Crippen LogP contribution in [0.2, 0.25) is 0 Å². The van der Waals surface area contributed by atoms with Crippen molar-refractivity contribution in [3.05, 3.63) is 23.5 Å². The molecular formula is C9H11NO. The Balaban J connectivity index is 2.98. The van der Waals surface area contributed by atoms with Crippen LogP contribution in [-0.2, 0) is 4.74 Å². The minimum atomic E-state index is -0.761. The Hall–Kier alpha value is -1.23. The van der Waals surface area contributed by atoms with Crippen LogP contribution in [0.4, 0.5) is 0 Å². The molecule has 1 aliphatic rings. The van der Waals surface area contributed by atoms with Crippen molar-refractivity contribution in [1.82, 2.24) is 0 Å². The Bertz CT molecular complexity index is 270. The molecule has 1 aliphatic heterocycles. The lowest BCUT2D eigenvalue weighted by molar-refractivity contribution is 0.107. The van der Waals surface area contributed by atoms with E-state index in [0.29, 0.717) is 0 Å². The monoisotopic (exact) mass is 149 g/mol. The molecule has 1 atom stereocenters. The van der Waals surface area contributed by atoms with Crippen molar-refractivity contribution >= 4 is 0 Å². The second-order valence-electron chi connectivity index (χ2n) is 2.96. The Labute approximate surface area is 66.8 Å². The highest BCUT2D eigenvalue weighted by Crippen LogP contribution is 2.23. The van der Waals surface area contributed by atoms with Crippen molar-refractivity contribution in [3.63, 3.8) is 0 Å². The van der Waals surface area contributed by atoms with Crippen molar-refractivity contribution in [1.29, 1.82) is 5.26 Å². The van der Waals surface area contributed by atoms with Gasteiger partial charge in [0.15, 0.2) is 0 Å². The van der Waals surface area contributed by atoms with Gasteiger partial charge in [-0.2, -0.15) is 5.26 Å². The van der Waals surface area contributed by atoms with Crippen LogP contribution in [0, 0.1) is 11.3 Å². The highest BCUT2D eigenvalue weighted by Gasteiger charge is 2.25. The first-order chi connectivity index (χ1) is 5.06. The normalized spacial score (nSPS) is 29.6. The zero-order valence-corrected chi connectivity index (χ0v) is 7.01. The van der Waals surface area contributed by atoms with Crippen LogP contribution in [-0.4, -0.2) is 5.60 Å². The summed E-state index contributed by atoms with van der Waals surface area (Å²) < 4.78 is 5.32. The molecule has 0 saturated carbocycles. The van der Waals surface area contributed by atoms with E-state index in [4.69, 9.17) is 10.00 Å². The minimum Gasteiger partial charge on any atom is -0.474 e. The van der Waals surface area contributed by atoms with Crippen LogP contribution in [0.5, 0.6) is 0 Å². The molecule has 0 radical (unpaired) electrons. The van der Waals surface area contributed by atoms with Crippen LogP contribution in [0.1, 0.15) is 20.8 Å². The van der Waals surface area contributed by atoms with E-state index in [0.717, 1.165) is 11.3 Å². The van der Waals surface area contributed by atoms with E-state index in [1.165, 1.54) is 0 Å². The number of ether oxygens (including phenoxy) is 1. The molecule has 2 nitrogen and oxygen atoms in total. The lowest BCUT2D eigenvalue weighted by Crippen LogP contribution is -2.25. The van der Waals surface area contributed by atoms with Gasteiger partial charge in [0, 0.05) is 0 Å². The Morgan fingerprint density at radius 3 is 2.64 bits per heavy atom. The predicted octanol–water partition coefficient (Wildman–Crippen LogP) is 2.15. The van der Waals surface area contributed by atoms with E-state index >= 15 is 0 Å². The summed E-state index contributed by atoms with van der Waals surface area (Å²) in [6.07, 6.45) is 3.74. The number of hydrogen-bond donors (Lipinski definition) is 0. The summed E-state index contributed by atoms with van der Waals surface area (Å²) >= 11 is 0. The van der Waals surface area contributed by atoms with E-state index < -0.39 is 5.60 Å². The van der Waals surface area contributed by atoms with E-state index in [2.05, 4.69) is 6.07 Å². The molecular weight excluding hydrogens is 138 g/mol. The van der Waals surface area contributed by atoms with Crippen molar-refractivity contribution < 1.29 is 4.74 Å². The van der Waals surface area contributed by atoms with Gasteiger partial charge in [0.2, 0.25) is 5.60 Å². The zero-order chi connectivity index (χ0) is 8.48. The van der Waals surface area contributed by atoms with E-state index in [-0.39, 0.29) is 0 Å². The fraction of sp³-hybridized carbons (Fsp3) is 0.444. The van der Waals surface area contributed by atoms with Crippen molar-refractivity contribution in [2.75, 3.05) is 0 Å². The third kappa shape index (κ3) is 1.62. The van der Waals surface area contributed by atoms with Crippen LogP contribution in [0.15, 0.2) is 23.5 Å². The molecule has 11 heavy (non-hydrogen) atoms. The molecule has 0 N–H and O–H groups in total. The third-order valence-corrected chi connectivity index (χ3v) is 1.53. The first-order valence-electron chi connectivity index (χ1n) is 3.54. The molecule has 0 aromatic carbocycles. The minimum absolute atomic E-state index is 0.761. The number of hydrogen-bond acceptors (Lipinski definition) is 2. The van der Waals surface area contributed by atoms with Gasteiger partial charge in [-0.1, -0.05) is 0 Å². The summed E-state index contributed by atoms with van der Waals surface area (Å²) in [5.41, 5.74) is 0.320. The molecule has 0 amide bonds. The topological polar surface area (TPSA) is 33.0 Å². The fourth-order valence-electron chi connectivity index (χ4n) is 1.25. The second kappa shape index (κ2) is 2.43. The summed E-state index contributed by atoms with van der Waals surface area (Å²) in [6.45, 7) is 5.57. The SMILES string of the molecule is CC1=CC(C)(C#N)OC(C)=C1. The second-order valence-corrected chi connectivity index (χ2v) is 2.96. The summed E-state index contributed by atoms with van der Waals surface area (Å²) in [7, 11) is 0. The number of nitriles is 1. The number of nitrogens with zero attached hydrogens (tertiary/aromatic N) is 1. The van der Waals surface area contributed by atoms with Crippen LogP contribution >= 0.6 is 0 Å². The highest BCUT2D eigenvalue weighted by molar-refractivity contribution is 5.31. The average molecular weight is 149 g/mol. The van der Waals surface area contributed by atoms with Crippen LogP contribution in [0.25, 0.3) is 0 Å². The predicted molar refractivity (Wildman–Crippen MR) is 42.6 cm³/mol. The Kier molecular flexibility index (Phi) is 1.74. The number of allylic oxidation sites excluding steroid dienone is 3. The van der Waals surface area contributed by atoms with Crippen molar-refractivity contribution in [2.45, 2.75) is 26.4 Å². The summed E-state index contributed by atoms with van der Waals surface area (Å²) in [5.74, 6) is 0.800. The summed E-state index contributed by atoms with van der Waals surface area (Å²) in [5, 5.41) is 8.74. The maximum absolute atomic E-state index is 8.74. The Morgan fingerprint density at radius 1 is 1.55 bits per heavy atom. The quantitative estimate of drug-likeness (QED) is 0.528. The lowest BCUT2D eigenvalue weighted by atomic mass is 10.0. The van der Waals surface area contributed by atoms with Crippen LogP contribution in [0.3, 0.4) is 0 Å². The van der Waals surface area contributed by atoms with Crippen LogP contribution < -0.4 is 0 Å². The largest absolute Gasteiger partial charge is 0.474 e. The van der Waals surface area contributed by atoms with Gasteiger partial charge in [0.1, 0.15) is 6.07 Å². The first kappa shape index (κ1) is 7.87. The summed E-state index contributed by atoms with van der Waals surface area (Å²) in [4.78, 5) is 0. The molecule has 1 rings (SSSR count). The van der Waals surface area contributed by atoms with Gasteiger partial charge in [-0.25, -0.2) is 0 Å². The lowest BCUT2D eigenvalue weighted by Gasteiger charge is -2.24. The zero-order valence-electron chi connectivity index (χ0n) is 7.01. The molecule has 0 aromatic rings. The van der Waals surface area contributed by atoms with Gasteiger partial charge in [-0.05, 0) is 38.5 Å². The molecule has 0 aromatic heterocycles. The molecule has 0 fully saturated rings. The van der Waals surface area contributed by atoms with Gasteiger partial charge in [0.25, 0.3) is 0 Å². The van der Waals surface area contributed by atoms with Gasteiger partial charge >= 0.3 is 0 Å². The van der Waals surface area contributed by atoms with E-state index in [1.54, 1.807) is 6.92 Å². The average Bonchev–Trinajstić information content (AvgIpc) is 1.84. The summed E-state index contributed by atoms with van der Waals surface area (Å²) in [6, 6.07) is 2.10. The maximum atomic E-state index is 8.74. The molecule has 0 saturated heterocycles.